The molecular formula is C21H16N4O3. The first-order valence-electron chi connectivity index (χ1n) is 8.31. The highest BCUT2D eigenvalue weighted by molar-refractivity contribution is 6.04. The van der Waals surface area contributed by atoms with Gasteiger partial charge >= 0.3 is 5.97 Å². The van der Waals surface area contributed by atoms with Crippen molar-refractivity contribution in [1.82, 2.24) is 4.98 Å². The van der Waals surface area contributed by atoms with Crippen LogP contribution in [0.5, 0.6) is 0 Å². The Morgan fingerprint density at radius 1 is 0.964 bits per heavy atom. The first kappa shape index (κ1) is 18.6. The lowest BCUT2D eigenvalue weighted by Crippen LogP contribution is -2.12. The lowest BCUT2D eigenvalue weighted by molar-refractivity contribution is 0.0600. The van der Waals surface area contributed by atoms with Crippen LogP contribution in [0.3, 0.4) is 0 Å². The number of hydrogen-bond donors (Lipinski definition) is 2. The Balaban J connectivity index is 1.76. The third kappa shape index (κ3) is 4.51. The van der Waals surface area contributed by atoms with Crippen LogP contribution in [0.4, 0.5) is 17.1 Å². The van der Waals surface area contributed by atoms with E-state index in [1.54, 1.807) is 60.8 Å². The Morgan fingerprint density at radius 3 is 2.50 bits per heavy atom. The SMILES string of the molecule is COC(=O)c1cccc(Nc2cncc(C(=O)Nc3cccc(C#N)c3)c2)c1. The number of carbonyl (C=O) groups excluding carboxylic acids is 2. The molecule has 28 heavy (non-hydrogen) atoms. The number of anilines is 3. The van der Waals surface area contributed by atoms with Crippen molar-refractivity contribution in [2.45, 2.75) is 0 Å². The zero-order chi connectivity index (χ0) is 19.9. The standard InChI is InChI=1S/C21H16N4O3/c1-28-21(27)15-5-3-7-18(9-15)24-19-10-16(12-23-13-19)20(26)25-17-6-2-4-14(8-17)11-22/h2-10,12-13,24H,1H3,(H,25,26). The summed E-state index contributed by atoms with van der Waals surface area (Å²) in [6.45, 7) is 0. The van der Waals surface area contributed by atoms with Crippen LogP contribution in [0.1, 0.15) is 26.3 Å². The number of aromatic nitrogens is 1. The average Bonchev–Trinajstić information content (AvgIpc) is 2.73. The molecule has 1 amide bonds. The van der Waals surface area contributed by atoms with Crippen molar-refractivity contribution in [2.75, 3.05) is 17.7 Å². The van der Waals surface area contributed by atoms with Gasteiger partial charge in [-0.3, -0.25) is 9.78 Å². The summed E-state index contributed by atoms with van der Waals surface area (Å²) in [6, 6.07) is 17.1. The summed E-state index contributed by atoms with van der Waals surface area (Å²) < 4.78 is 4.71. The fourth-order valence-corrected chi connectivity index (χ4v) is 2.51. The van der Waals surface area contributed by atoms with Crippen molar-refractivity contribution in [1.29, 1.82) is 5.26 Å². The van der Waals surface area contributed by atoms with Crippen molar-refractivity contribution < 1.29 is 14.3 Å². The van der Waals surface area contributed by atoms with E-state index in [4.69, 9.17) is 10.00 Å². The van der Waals surface area contributed by atoms with E-state index >= 15 is 0 Å². The number of rotatable bonds is 5. The molecule has 0 bridgehead atoms. The molecule has 0 aliphatic heterocycles. The predicted octanol–water partition coefficient (Wildman–Crippen LogP) is 3.74. The number of carbonyl (C=O) groups is 2. The number of benzene rings is 2. The maximum absolute atomic E-state index is 12.5. The average molecular weight is 372 g/mol. The Morgan fingerprint density at radius 2 is 1.71 bits per heavy atom. The molecule has 7 nitrogen and oxygen atoms in total. The van der Waals surface area contributed by atoms with Crippen LogP contribution in [0.15, 0.2) is 67.0 Å². The molecule has 0 aliphatic rings. The first-order valence-corrected chi connectivity index (χ1v) is 8.31. The Kier molecular flexibility index (Phi) is 5.63. The van der Waals surface area contributed by atoms with E-state index in [1.807, 2.05) is 6.07 Å². The van der Waals surface area contributed by atoms with E-state index < -0.39 is 5.97 Å². The lowest BCUT2D eigenvalue weighted by atomic mass is 10.2. The van der Waals surface area contributed by atoms with E-state index in [9.17, 15) is 9.59 Å². The summed E-state index contributed by atoms with van der Waals surface area (Å²) >= 11 is 0. The molecule has 3 rings (SSSR count). The molecule has 0 atom stereocenters. The first-order chi connectivity index (χ1) is 13.6. The normalized spacial score (nSPS) is 9.86. The molecular weight excluding hydrogens is 356 g/mol. The van der Waals surface area contributed by atoms with Crippen molar-refractivity contribution in [3.05, 3.63) is 83.7 Å². The second-order valence-electron chi connectivity index (χ2n) is 5.81. The number of nitrogens with zero attached hydrogens (tertiary/aromatic N) is 2. The Labute approximate surface area is 161 Å². The fraction of sp³-hybridized carbons (Fsp3) is 0.0476. The van der Waals surface area contributed by atoms with Gasteiger partial charge in [0.25, 0.3) is 5.91 Å². The molecule has 0 spiro atoms. The molecule has 0 fully saturated rings. The van der Waals surface area contributed by atoms with E-state index in [0.717, 1.165) is 0 Å². The number of hydrogen-bond acceptors (Lipinski definition) is 6. The Hall–Kier alpha value is -4.18. The van der Waals surface area contributed by atoms with Crippen LogP contribution < -0.4 is 10.6 Å². The maximum atomic E-state index is 12.5. The van der Waals surface area contributed by atoms with Gasteiger partial charge in [0.2, 0.25) is 0 Å². The van der Waals surface area contributed by atoms with E-state index in [2.05, 4.69) is 15.6 Å². The summed E-state index contributed by atoms with van der Waals surface area (Å²) in [5.41, 5.74) is 2.97. The van der Waals surface area contributed by atoms with Crippen molar-refractivity contribution in [3.8, 4) is 6.07 Å². The van der Waals surface area contributed by atoms with Gasteiger partial charge in [-0.25, -0.2) is 4.79 Å². The summed E-state index contributed by atoms with van der Waals surface area (Å²) in [7, 11) is 1.32. The fourth-order valence-electron chi connectivity index (χ4n) is 2.51. The van der Waals surface area contributed by atoms with E-state index in [1.165, 1.54) is 13.3 Å². The topological polar surface area (TPSA) is 104 Å². The quantitative estimate of drug-likeness (QED) is 0.661. The number of nitrogens with one attached hydrogen (secondary N) is 2. The van der Waals surface area contributed by atoms with Gasteiger partial charge in [-0.2, -0.15) is 5.26 Å². The molecule has 1 aromatic heterocycles. The number of esters is 1. The molecule has 0 unspecified atom stereocenters. The monoisotopic (exact) mass is 372 g/mol. The van der Waals surface area contributed by atoms with Gasteiger partial charge in [0.15, 0.2) is 0 Å². The molecule has 0 radical (unpaired) electrons. The second-order valence-corrected chi connectivity index (χ2v) is 5.81. The van der Waals surface area contributed by atoms with Gasteiger partial charge in [-0.05, 0) is 42.5 Å². The van der Waals surface area contributed by atoms with Crippen molar-refractivity contribution >= 4 is 28.9 Å². The number of pyridine rings is 1. The number of ether oxygens (including phenoxy) is 1. The minimum Gasteiger partial charge on any atom is -0.465 e. The zero-order valence-corrected chi connectivity index (χ0v) is 15.0. The van der Waals surface area contributed by atoms with Crippen LogP contribution in [0, 0.1) is 11.3 Å². The second kappa shape index (κ2) is 8.47. The molecule has 138 valence electrons. The molecule has 0 aliphatic carbocycles. The van der Waals surface area contributed by atoms with E-state index in [-0.39, 0.29) is 5.91 Å². The predicted molar refractivity (Wildman–Crippen MR) is 104 cm³/mol. The van der Waals surface area contributed by atoms with Gasteiger partial charge in [-0.15, -0.1) is 0 Å². The third-order valence-electron chi connectivity index (χ3n) is 3.82. The summed E-state index contributed by atoms with van der Waals surface area (Å²) in [6.07, 6.45) is 3.01. The van der Waals surface area contributed by atoms with Crippen LogP contribution in [0.25, 0.3) is 0 Å². The zero-order valence-electron chi connectivity index (χ0n) is 15.0. The highest BCUT2D eigenvalue weighted by atomic mass is 16.5. The number of methoxy groups -OCH3 is 1. The lowest BCUT2D eigenvalue weighted by Gasteiger charge is -2.10. The molecule has 1 heterocycles. The smallest absolute Gasteiger partial charge is 0.337 e. The molecule has 2 aromatic carbocycles. The highest BCUT2D eigenvalue weighted by Gasteiger charge is 2.09. The molecule has 7 heteroatoms. The summed E-state index contributed by atoms with van der Waals surface area (Å²) in [5.74, 6) is -0.788. The van der Waals surface area contributed by atoms with Gasteiger partial charge in [-0.1, -0.05) is 12.1 Å². The maximum Gasteiger partial charge on any atom is 0.337 e. The number of amides is 1. The van der Waals surface area contributed by atoms with Crippen molar-refractivity contribution in [3.63, 3.8) is 0 Å². The van der Waals surface area contributed by atoms with Gasteiger partial charge in [0.1, 0.15) is 0 Å². The largest absolute Gasteiger partial charge is 0.465 e. The van der Waals surface area contributed by atoms with Crippen LogP contribution in [-0.4, -0.2) is 24.0 Å². The van der Waals surface area contributed by atoms with Gasteiger partial charge in [0, 0.05) is 17.6 Å². The minimum absolute atomic E-state index is 0.344. The molecule has 0 saturated carbocycles. The number of nitriles is 1. The van der Waals surface area contributed by atoms with Crippen molar-refractivity contribution in [2.24, 2.45) is 0 Å². The van der Waals surface area contributed by atoms with Gasteiger partial charge < -0.3 is 15.4 Å². The molecule has 2 N–H and O–H groups in total. The molecule has 3 aromatic rings. The van der Waals surface area contributed by atoms with Crippen LogP contribution in [-0.2, 0) is 4.74 Å². The van der Waals surface area contributed by atoms with Gasteiger partial charge in [0.05, 0.1) is 41.8 Å². The van der Waals surface area contributed by atoms with Crippen LogP contribution in [0.2, 0.25) is 0 Å². The minimum atomic E-state index is -0.436. The van der Waals surface area contributed by atoms with Crippen LogP contribution >= 0.6 is 0 Å². The molecule has 0 saturated heterocycles. The third-order valence-corrected chi connectivity index (χ3v) is 3.82. The van der Waals surface area contributed by atoms with E-state index in [0.29, 0.717) is 33.8 Å². The summed E-state index contributed by atoms with van der Waals surface area (Å²) in [5, 5.41) is 14.8. The Bertz CT molecular complexity index is 1070. The summed E-state index contributed by atoms with van der Waals surface area (Å²) in [4.78, 5) is 28.2. The highest BCUT2D eigenvalue weighted by Crippen LogP contribution is 2.19.